The zero-order valence-electron chi connectivity index (χ0n) is 8.21. The zero-order chi connectivity index (χ0) is 12.3. The van der Waals surface area contributed by atoms with Crippen molar-refractivity contribution >= 4 is 5.97 Å². The van der Waals surface area contributed by atoms with Crippen LogP contribution in [0.2, 0.25) is 0 Å². The minimum absolute atomic E-state index is 0.116. The summed E-state index contributed by atoms with van der Waals surface area (Å²) in [5.74, 6) is -4.32. The van der Waals surface area contributed by atoms with Gasteiger partial charge < -0.3 is 10.8 Å². The van der Waals surface area contributed by atoms with Crippen molar-refractivity contribution in [1.29, 1.82) is 0 Å². The van der Waals surface area contributed by atoms with Gasteiger partial charge in [-0.3, -0.25) is 4.79 Å². The van der Waals surface area contributed by atoms with Gasteiger partial charge in [0.05, 0.1) is 0 Å². The summed E-state index contributed by atoms with van der Waals surface area (Å²) in [4.78, 5) is 10.4. The number of carboxylic acids is 1. The van der Waals surface area contributed by atoms with Gasteiger partial charge in [-0.2, -0.15) is 0 Å². The molecule has 0 bridgehead atoms. The fourth-order valence-corrected chi connectivity index (χ4v) is 1.23. The Balaban J connectivity index is 2.78. The second-order valence-electron chi connectivity index (χ2n) is 3.33. The lowest BCUT2D eigenvalue weighted by atomic mass is 10.0. The maximum atomic E-state index is 13.1. The fraction of sp³-hybridized carbons (Fsp3) is 0.300. The molecule has 1 unspecified atom stereocenters. The average Bonchev–Trinajstić information content (AvgIpc) is 2.15. The predicted octanol–water partition coefficient (Wildman–Crippen LogP) is 1.45. The van der Waals surface area contributed by atoms with Crippen LogP contribution < -0.4 is 5.73 Å². The molecule has 3 nitrogen and oxygen atoms in total. The first-order valence-electron chi connectivity index (χ1n) is 4.53. The van der Waals surface area contributed by atoms with Crippen LogP contribution in [0, 0.1) is 17.5 Å². The quantitative estimate of drug-likeness (QED) is 0.827. The lowest BCUT2D eigenvalue weighted by Crippen LogP contribution is -2.30. The summed E-state index contributed by atoms with van der Waals surface area (Å²) in [7, 11) is 0. The van der Waals surface area contributed by atoms with Gasteiger partial charge in [-0.1, -0.05) is 0 Å². The van der Waals surface area contributed by atoms with Crippen LogP contribution in [0.15, 0.2) is 12.1 Å². The number of hydrogen-bond acceptors (Lipinski definition) is 2. The van der Waals surface area contributed by atoms with Crippen molar-refractivity contribution in [2.75, 3.05) is 0 Å². The van der Waals surface area contributed by atoms with Crippen LogP contribution in [-0.4, -0.2) is 17.1 Å². The van der Waals surface area contributed by atoms with Crippen LogP contribution in [0.5, 0.6) is 0 Å². The molecule has 88 valence electrons. The third kappa shape index (κ3) is 2.96. The maximum Gasteiger partial charge on any atom is 0.320 e. The number of hydrogen-bond donors (Lipinski definition) is 2. The molecule has 1 aromatic carbocycles. The van der Waals surface area contributed by atoms with Crippen LogP contribution in [0.1, 0.15) is 12.0 Å². The average molecular weight is 233 g/mol. The lowest BCUT2D eigenvalue weighted by molar-refractivity contribution is -0.138. The van der Waals surface area contributed by atoms with E-state index in [0.29, 0.717) is 12.1 Å². The first-order chi connectivity index (χ1) is 7.41. The van der Waals surface area contributed by atoms with Crippen LogP contribution >= 0.6 is 0 Å². The van der Waals surface area contributed by atoms with Crippen molar-refractivity contribution < 1.29 is 23.1 Å². The van der Waals surface area contributed by atoms with Gasteiger partial charge >= 0.3 is 5.97 Å². The van der Waals surface area contributed by atoms with Gasteiger partial charge in [-0.15, -0.1) is 0 Å². The second-order valence-corrected chi connectivity index (χ2v) is 3.33. The second kappa shape index (κ2) is 4.98. The number of carboxylic acid groups (broad SMARTS) is 1. The van der Waals surface area contributed by atoms with Gasteiger partial charge in [-0.25, -0.2) is 13.2 Å². The predicted molar refractivity (Wildman–Crippen MR) is 50.2 cm³/mol. The highest BCUT2D eigenvalue weighted by Crippen LogP contribution is 2.16. The number of aliphatic carboxylic acids is 1. The summed E-state index contributed by atoms with van der Waals surface area (Å²) in [6, 6.07) is -0.0982. The molecule has 3 N–H and O–H groups in total. The van der Waals surface area contributed by atoms with E-state index in [9.17, 15) is 18.0 Å². The summed E-state index contributed by atoms with van der Waals surface area (Å²) < 4.78 is 38.7. The number of rotatable bonds is 4. The van der Waals surface area contributed by atoms with Crippen molar-refractivity contribution in [2.24, 2.45) is 5.73 Å². The zero-order valence-corrected chi connectivity index (χ0v) is 8.21. The molecule has 16 heavy (non-hydrogen) atoms. The first kappa shape index (κ1) is 12.5. The number of benzene rings is 1. The molecule has 1 aromatic rings. The lowest BCUT2D eigenvalue weighted by Gasteiger charge is -2.08. The molecule has 0 aliphatic heterocycles. The normalized spacial score (nSPS) is 12.5. The van der Waals surface area contributed by atoms with Gasteiger partial charge in [0.25, 0.3) is 0 Å². The topological polar surface area (TPSA) is 63.3 Å². The Morgan fingerprint density at radius 1 is 1.31 bits per heavy atom. The third-order valence-electron chi connectivity index (χ3n) is 2.13. The molecule has 0 aliphatic rings. The largest absolute Gasteiger partial charge is 0.480 e. The highest BCUT2D eigenvalue weighted by Gasteiger charge is 2.16. The summed E-state index contributed by atoms with van der Waals surface area (Å²) in [5, 5.41) is 8.47. The molecule has 0 spiro atoms. The smallest absolute Gasteiger partial charge is 0.320 e. The van der Waals surface area contributed by atoms with E-state index in [4.69, 9.17) is 10.8 Å². The van der Waals surface area contributed by atoms with Crippen LogP contribution in [0.3, 0.4) is 0 Å². The van der Waals surface area contributed by atoms with Gasteiger partial charge in [0.15, 0.2) is 0 Å². The Bertz CT molecular complexity index is 386. The van der Waals surface area contributed by atoms with E-state index in [-0.39, 0.29) is 18.4 Å². The molecule has 6 heteroatoms. The number of nitrogens with two attached hydrogens (primary N) is 1. The van der Waals surface area contributed by atoms with E-state index in [0.717, 1.165) is 0 Å². The van der Waals surface area contributed by atoms with Gasteiger partial charge in [-0.05, 0) is 12.8 Å². The minimum Gasteiger partial charge on any atom is -0.480 e. The Kier molecular flexibility index (Phi) is 3.89. The van der Waals surface area contributed by atoms with Gasteiger partial charge in [0.2, 0.25) is 0 Å². The fourth-order valence-electron chi connectivity index (χ4n) is 1.23. The van der Waals surface area contributed by atoms with Gasteiger partial charge in [0.1, 0.15) is 23.5 Å². The van der Waals surface area contributed by atoms with Crippen molar-refractivity contribution in [2.45, 2.75) is 18.9 Å². The number of halogens is 3. The molecule has 0 fully saturated rings. The van der Waals surface area contributed by atoms with E-state index >= 15 is 0 Å². The van der Waals surface area contributed by atoms with E-state index in [1.54, 1.807) is 0 Å². The third-order valence-corrected chi connectivity index (χ3v) is 2.13. The molecule has 0 saturated heterocycles. The van der Waals surface area contributed by atoms with E-state index < -0.39 is 29.5 Å². The monoisotopic (exact) mass is 233 g/mol. The van der Waals surface area contributed by atoms with Crippen LogP contribution in [0.25, 0.3) is 0 Å². The summed E-state index contributed by atoms with van der Waals surface area (Å²) in [6.07, 6.45) is -0.305. The van der Waals surface area contributed by atoms with Crippen molar-refractivity contribution in [3.63, 3.8) is 0 Å². The molecular formula is C10H10F3NO2. The molecule has 1 rings (SSSR count). The molecule has 0 amide bonds. The van der Waals surface area contributed by atoms with Gasteiger partial charge in [0, 0.05) is 17.7 Å². The molecule has 0 aliphatic carbocycles. The molecule has 0 radical (unpaired) electrons. The van der Waals surface area contributed by atoms with E-state index in [1.165, 1.54) is 0 Å². The number of carbonyl (C=O) groups is 1. The Morgan fingerprint density at radius 3 is 2.25 bits per heavy atom. The molecular weight excluding hydrogens is 223 g/mol. The Labute approximate surface area is 89.7 Å². The molecule has 0 aromatic heterocycles. The standard InChI is InChI=1S/C10H10F3NO2/c11-5-3-7(12)6(8(13)4-5)1-2-9(14)10(15)16/h3-4,9H,1-2,14H2,(H,15,16). The molecule has 1 atom stereocenters. The van der Waals surface area contributed by atoms with E-state index in [2.05, 4.69) is 0 Å². The maximum absolute atomic E-state index is 13.1. The summed E-state index contributed by atoms with van der Waals surface area (Å²) >= 11 is 0. The molecule has 0 heterocycles. The minimum atomic E-state index is -1.25. The van der Waals surface area contributed by atoms with Crippen molar-refractivity contribution in [1.82, 2.24) is 0 Å². The van der Waals surface area contributed by atoms with Crippen LogP contribution in [0.4, 0.5) is 13.2 Å². The summed E-state index contributed by atoms with van der Waals surface area (Å²) in [5.41, 5.74) is 4.83. The van der Waals surface area contributed by atoms with E-state index in [1.807, 2.05) is 0 Å². The highest BCUT2D eigenvalue weighted by molar-refractivity contribution is 5.73. The Hall–Kier alpha value is -1.56. The molecule has 0 saturated carbocycles. The summed E-state index contributed by atoms with van der Waals surface area (Å²) in [6.45, 7) is 0. The van der Waals surface area contributed by atoms with Crippen LogP contribution in [-0.2, 0) is 11.2 Å². The van der Waals surface area contributed by atoms with Crippen molar-refractivity contribution in [3.05, 3.63) is 35.1 Å². The SMILES string of the molecule is NC(CCc1c(F)cc(F)cc1F)C(=O)O. The first-order valence-corrected chi connectivity index (χ1v) is 4.53. The highest BCUT2D eigenvalue weighted by atomic mass is 19.1. The Morgan fingerprint density at radius 2 is 1.81 bits per heavy atom. The van der Waals surface area contributed by atoms with Crippen molar-refractivity contribution in [3.8, 4) is 0 Å².